The third-order valence-corrected chi connectivity index (χ3v) is 5.08. The quantitative estimate of drug-likeness (QED) is 0.444. The fourth-order valence-corrected chi connectivity index (χ4v) is 3.95. The first kappa shape index (κ1) is 16.1. The van der Waals surface area contributed by atoms with Crippen LogP contribution in [0.1, 0.15) is 5.76 Å². The van der Waals surface area contributed by atoms with Gasteiger partial charge in [0.25, 0.3) is 5.91 Å². The molecule has 1 aromatic carbocycles. The van der Waals surface area contributed by atoms with Gasteiger partial charge in [-0.15, -0.1) is 0 Å². The summed E-state index contributed by atoms with van der Waals surface area (Å²) in [5, 5.41) is 0.862. The molecule has 112 valence electrons. The van der Waals surface area contributed by atoms with E-state index < -0.39 is 0 Å². The minimum absolute atomic E-state index is 0.244. The van der Waals surface area contributed by atoms with E-state index in [1.165, 1.54) is 16.7 Å². The second-order valence-electron chi connectivity index (χ2n) is 4.25. The normalized spacial score (nSPS) is 16.9. The number of carbonyl (C=O) groups is 1. The van der Waals surface area contributed by atoms with Gasteiger partial charge in [-0.05, 0) is 46.3 Å². The number of hydrogen-bond acceptors (Lipinski definition) is 4. The maximum Gasteiger partial charge on any atom is 0.270 e. The summed E-state index contributed by atoms with van der Waals surface area (Å²) in [5.41, 5.74) is 0.512. The summed E-state index contributed by atoms with van der Waals surface area (Å²) in [4.78, 5) is 14.4. The van der Waals surface area contributed by atoms with Crippen molar-refractivity contribution < 1.29 is 9.21 Å². The Kier molecular flexibility index (Phi) is 4.66. The van der Waals surface area contributed by atoms with Gasteiger partial charge >= 0.3 is 0 Å². The maximum atomic E-state index is 12.6. The Balaban J connectivity index is 1.96. The van der Waals surface area contributed by atoms with Gasteiger partial charge in [-0.2, -0.15) is 0 Å². The summed E-state index contributed by atoms with van der Waals surface area (Å²) in [5.74, 6) is 0.321. The Hall–Kier alpha value is -0.790. The van der Waals surface area contributed by atoms with Crippen LogP contribution in [-0.2, 0) is 4.79 Å². The van der Waals surface area contributed by atoms with Crippen molar-refractivity contribution >= 4 is 85.1 Å². The highest BCUT2D eigenvalue weighted by atomic mass is 79.9. The van der Waals surface area contributed by atoms with Gasteiger partial charge < -0.3 is 4.42 Å². The van der Waals surface area contributed by atoms with Crippen molar-refractivity contribution in [2.75, 3.05) is 4.90 Å². The lowest BCUT2D eigenvalue weighted by molar-refractivity contribution is -0.113. The number of carbonyl (C=O) groups excluding carboxylic acids is 1. The predicted molar refractivity (Wildman–Crippen MR) is 98.5 cm³/mol. The number of halogens is 3. The SMILES string of the molecule is O=C1/C(=C/c2ccc(Br)o2)SC(=S)N1c1ccc(Cl)cc1Cl. The van der Waals surface area contributed by atoms with Crippen molar-refractivity contribution in [3.05, 3.63) is 55.7 Å². The molecule has 0 N–H and O–H groups in total. The molecular formula is C14H6BrCl2NO2S2. The van der Waals surface area contributed by atoms with Gasteiger partial charge in [-0.25, -0.2) is 0 Å². The molecule has 1 aromatic heterocycles. The predicted octanol–water partition coefficient (Wildman–Crippen LogP) is 5.75. The van der Waals surface area contributed by atoms with E-state index in [0.717, 1.165) is 0 Å². The van der Waals surface area contributed by atoms with Crippen LogP contribution in [0.25, 0.3) is 6.08 Å². The third-order valence-electron chi connectivity index (χ3n) is 2.81. The lowest BCUT2D eigenvalue weighted by atomic mass is 10.3. The van der Waals surface area contributed by atoms with Gasteiger partial charge in [0.15, 0.2) is 8.99 Å². The number of furan rings is 1. The molecule has 1 aliphatic rings. The van der Waals surface area contributed by atoms with E-state index >= 15 is 0 Å². The molecule has 2 aromatic rings. The first-order valence-electron chi connectivity index (χ1n) is 5.94. The first-order chi connectivity index (χ1) is 10.5. The van der Waals surface area contributed by atoms with Crippen LogP contribution >= 0.6 is 63.1 Å². The zero-order valence-corrected chi connectivity index (χ0v) is 15.4. The molecule has 1 amide bonds. The smallest absolute Gasteiger partial charge is 0.270 e. The summed E-state index contributed by atoms with van der Waals surface area (Å²) >= 11 is 21.7. The fourth-order valence-electron chi connectivity index (χ4n) is 1.87. The molecule has 1 fully saturated rings. The second kappa shape index (κ2) is 6.37. The zero-order valence-electron chi connectivity index (χ0n) is 10.7. The maximum absolute atomic E-state index is 12.6. The largest absolute Gasteiger partial charge is 0.450 e. The van der Waals surface area contributed by atoms with E-state index in [0.29, 0.717) is 35.4 Å². The first-order valence-corrected chi connectivity index (χ1v) is 8.71. The molecule has 2 heterocycles. The van der Waals surface area contributed by atoms with Crippen LogP contribution in [0, 0.1) is 0 Å². The van der Waals surface area contributed by atoms with Crippen LogP contribution in [0.5, 0.6) is 0 Å². The minimum atomic E-state index is -0.244. The standard InChI is InChI=1S/C14H6BrCl2NO2S2/c15-12-4-2-8(20-12)6-11-13(19)18(14(21)22-11)10-3-1-7(16)5-9(10)17/h1-6H/b11-6-. The average Bonchev–Trinajstić information content (AvgIpc) is 2.96. The molecule has 0 bridgehead atoms. The van der Waals surface area contributed by atoms with Crippen LogP contribution in [0.2, 0.25) is 10.0 Å². The van der Waals surface area contributed by atoms with Crippen molar-refractivity contribution in [1.82, 2.24) is 0 Å². The Bertz CT molecular complexity index is 819. The molecule has 0 radical (unpaired) electrons. The molecular weight excluding hydrogens is 429 g/mol. The average molecular weight is 435 g/mol. The Morgan fingerprint density at radius 3 is 2.68 bits per heavy atom. The van der Waals surface area contributed by atoms with E-state index in [1.807, 2.05) is 0 Å². The zero-order chi connectivity index (χ0) is 15.9. The lowest BCUT2D eigenvalue weighted by Gasteiger charge is -2.16. The number of amides is 1. The Labute approximate surface area is 154 Å². The Morgan fingerprint density at radius 1 is 1.27 bits per heavy atom. The minimum Gasteiger partial charge on any atom is -0.450 e. The monoisotopic (exact) mass is 433 g/mol. The molecule has 22 heavy (non-hydrogen) atoms. The fraction of sp³-hybridized carbons (Fsp3) is 0. The van der Waals surface area contributed by atoms with Crippen molar-refractivity contribution in [2.24, 2.45) is 0 Å². The van der Waals surface area contributed by atoms with E-state index in [-0.39, 0.29) is 5.91 Å². The summed E-state index contributed by atoms with van der Waals surface area (Å²) in [6.45, 7) is 0. The number of thiocarbonyl (C=S) groups is 1. The number of benzene rings is 1. The number of anilines is 1. The molecule has 0 aliphatic carbocycles. The Morgan fingerprint density at radius 2 is 2.05 bits per heavy atom. The second-order valence-corrected chi connectivity index (χ2v) is 7.56. The van der Waals surface area contributed by atoms with Crippen molar-refractivity contribution in [1.29, 1.82) is 0 Å². The topological polar surface area (TPSA) is 33.5 Å². The van der Waals surface area contributed by atoms with E-state index in [1.54, 1.807) is 36.4 Å². The summed E-state index contributed by atoms with van der Waals surface area (Å²) in [7, 11) is 0. The van der Waals surface area contributed by atoms with Crippen LogP contribution in [0.3, 0.4) is 0 Å². The molecule has 0 atom stereocenters. The van der Waals surface area contributed by atoms with Crippen LogP contribution in [0.15, 0.2) is 44.3 Å². The van der Waals surface area contributed by atoms with Crippen molar-refractivity contribution in [3.8, 4) is 0 Å². The molecule has 8 heteroatoms. The molecule has 1 aliphatic heterocycles. The number of rotatable bonds is 2. The van der Waals surface area contributed by atoms with Crippen LogP contribution in [-0.4, -0.2) is 10.2 Å². The van der Waals surface area contributed by atoms with Gasteiger partial charge in [0, 0.05) is 11.1 Å². The molecule has 3 nitrogen and oxygen atoms in total. The molecule has 0 saturated carbocycles. The summed E-state index contributed by atoms with van der Waals surface area (Å²) < 4.78 is 6.38. The van der Waals surface area contributed by atoms with Crippen molar-refractivity contribution in [2.45, 2.75) is 0 Å². The van der Waals surface area contributed by atoms with E-state index in [2.05, 4.69) is 15.9 Å². The highest BCUT2D eigenvalue weighted by molar-refractivity contribution is 9.10. The summed E-state index contributed by atoms with van der Waals surface area (Å²) in [6, 6.07) is 8.41. The van der Waals surface area contributed by atoms with E-state index in [9.17, 15) is 4.79 Å². The number of nitrogens with zero attached hydrogens (tertiary/aromatic N) is 1. The number of thioether (sulfide) groups is 1. The highest BCUT2D eigenvalue weighted by Gasteiger charge is 2.34. The summed E-state index contributed by atoms with van der Waals surface area (Å²) in [6.07, 6.45) is 1.65. The van der Waals surface area contributed by atoms with Gasteiger partial charge in [-0.3, -0.25) is 9.69 Å². The number of hydrogen-bond donors (Lipinski definition) is 0. The van der Waals surface area contributed by atoms with Crippen LogP contribution < -0.4 is 4.90 Å². The molecule has 3 rings (SSSR count). The van der Waals surface area contributed by atoms with Crippen LogP contribution in [0.4, 0.5) is 5.69 Å². The van der Waals surface area contributed by atoms with Gasteiger partial charge in [0.05, 0.1) is 15.6 Å². The van der Waals surface area contributed by atoms with Gasteiger partial charge in [0.2, 0.25) is 0 Å². The van der Waals surface area contributed by atoms with E-state index in [4.69, 9.17) is 39.8 Å². The highest BCUT2D eigenvalue weighted by Crippen LogP contribution is 2.39. The lowest BCUT2D eigenvalue weighted by Crippen LogP contribution is -2.27. The molecule has 0 unspecified atom stereocenters. The molecule has 0 spiro atoms. The molecule has 1 saturated heterocycles. The van der Waals surface area contributed by atoms with Crippen molar-refractivity contribution in [3.63, 3.8) is 0 Å². The van der Waals surface area contributed by atoms with Gasteiger partial charge in [0.1, 0.15) is 5.76 Å². The third kappa shape index (κ3) is 3.12. The van der Waals surface area contributed by atoms with Gasteiger partial charge in [-0.1, -0.05) is 47.2 Å².